The van der Waals surface area contributed by atoms with Gasteiger partial charge in [-0.05, 0) is 48.9 Å². The van der Waals surface area contributed by atoms with Gasteiger partial charge in [0, 0.05) is 18.0 Å². The average Bonchev–Trinajstić information content (AvgIpc) is 3.25. The highest BCUT2D eigenvalue weighted by molar-refractivity contribution is 7.99. The molecule has 2 heterocycles. The molecule has 3 aromatic rings. The van der Waals surface area contributed by atoms with Crippen LogP contribution in [0.25, 0.3) is 17.1 Å². The van der Waals surface area contributed by atoms with E-state index in [-0.39, 0.29) is 17.6 Å². The molecule has 2 aromatic heterocycles. The van der Waals surface area contributed by atoms with E-state index in [9.17, 15) is 10.1 Å². The molecule has 8 heteroatoms. The summed E-state index contributed by atoms with van der Waals surface area (Å²) in [5.74, 6) is 0.589. The summed E-state index contributed by atoms with van der Waals surface area (Å²) in [5.41, 5.74) is 3.35. The van der Waals surface area contributed by atoms with Crippen LogP contribution in [0.4, 0.5) is 0 Å². The third-order valence-electron chi connectivity index (χ3n) is 5.86. The summed E-state index contributed by atoms with van der Waals surface area (Å²) in [7, 11) is 0. The molecule has 3 rings (SSSR count). The molecule has 0 radical (unpaired) electrons. The molecule has 0 saturated carbocycles. The van der Waals surface area contributed by atoms with Crippen molar-refractivity contribution in [1.29, 1.82) is 5.26 Å². The molecular formula is C25H30N6OS. The van der Waals surface area contributed by atoms with Gasteiger partial charge in [-0.15, -0.1) is 10.2 Å². The minimum atomic E-state index is -0.920. The van der Waals surface area contributed by atoms with Crippen LogP contribution in [0.3, 0.4) is 0 Å². The molecule has 1 atom stereocenters. The maximum atomic E-state index is 12.7. The maximum absolute atomic E-state index is 12.7. The number of nitriles is 1. The SMILES string of the molecule is CCc1cccc(CC)c1-n1c(SCC(=O)NC(C)(C#N)C(C)C)nnc1-c1cccnc1. The van der Waals surface area contributed by atoms with Crippen LogP contribution < -0.4 is 5.32 Å². The van der Waals surface area contributed by atoms with E-state index in [2.05, 4.69) is 58.6 Å². The molecule has 1 aromatic carbocycles. The van der Waals surface area contributed by atoms with Gasteiger partial charge in [0.2, 0.25) is 5.91 Å². The van der Waals surface area contributed by atoms with Crippen molar-refractivity contribution in [3.05, 3.63) is 53.9 Å². The highest BCUT2D eigenvalue weighted by Gasteiger charge is 2.30. The maximum Gasteiger partial charge on any atom is 0.231 e. The molecule has 0 fully saturated rings. The molecule has 0 aliphatic rings. The largest absolute Gasteiger partial charge is 0.337 e. The number of nitrogens with one attached hydrogen (secondary N) is 1. The Kier molecular flexibility index (Phi) is 7.88. The number of nitrogens with zero attached hydrogens (tertiary/aromatic N) is 5. The number of carbonyl (C=O) groups is 1. The number of pyridine rings is 1. The molecular weight excluding hydrogens is 432 g/mol. The molecule has 1 unspecified atom stereocenters. The fourth-order valence-corrected chi connectivity index (χ4v) is 4.24. The van der Waals surface area contributed by atoms with E-state index in [1.807, 2.05) is 30.5 Å². The van der Waals surface area contributed by atoms with Gasteiger partial charge >= 0.3 is 0 Å². The Morgan fingerprint density at radius 3 is 2.42 bits per heavy atom. The second kappa shape index (κ2) is 10.6. The molecule has 0 aliphatic heterocycles. The van der Waals surface area contributed by atoms with Crippen molar-refractivity contribution >= 4 is 17.7 Å². The van der Waals surface area contributed by atoms with Crippen molar-refractivity contribution < 1.29 is 4.79 Å². The topological polar surface area (TPSA) is 96.5 Å². The monoisotopic (exact) mass is 462 g/mol. The zero-order chi connectivity index (χ0) is 24.0. The number of carbonyl (C=O) groups excluding carboxylic acids is 1. The molecule has 0 spiro atoms. The van der Waals surface area contributed by atoms with Crippen LogP contribution in [0.1, 0.15) is 45.7 Å². The van der Waals surface area contributed by atoms with Gasteiger partial charge < -0.3 is 5.32 Å². The van der Waals surface area contributed by atoms with Crippen LogP contribution in [0.2, 0.25) is 0 Å². The van der Waals surface area contributed by atoms with Gasteiger partial charge in [0.15, 0.2) is 11.0 Å². The van der Waals surface area contributed by atoms with E-state index >= 15 is 0 Å². The summed E-state index contributed by atoms with van der Waals surface area (Å²) in [4.78, 5) is 17.0. The number of benzene rings is 1. The number of hydrogen-bond acceptors (Lipinski definition) is 6. The smallest absolute Gasteiger partial charge is 0.231 e. The lowest BCUT2D eigenvalue weighted by Gasteiger charge is -2.27. The van der Waals surface area contributed by atoms with Gasteiger partial charge in [0.1, 0.15) is 5.54 Å². The molecule has 0 aliphatic carbocycles. The van der Waals surface area contributed by atoms with Gasteiger partial charge in [0.25, 0.3) is 0 Å². The van der Waals surface area contributed by atoms with Crippen LogP contribution in [0.15, 0.2) is 47.9 Å². The van der Waals surface area contributed by atoms with E-state index in [0.29, 0.717) is 11.0 Å². The quantitative estimate of drug-likeness (QED) is 0.467. The Morgan fingerprint density at radius 1 is 1.18 bits per heavy atom. The fourth-order valence-electron chi connectivity index (χ4n) is 3.51. The third-order valence-corrected chi connectivity index (χ3v) is 6.79. The number of thioether (sulfide) groups is 1. The van der Waals surface area contributed by atoms with E-state index in [1.165, 1.54) is 22.9 Å². The van der Waals surface area contributed by atoms with Crippen molar-refractivity contribution in [2.75, 3.05) is 5.75 Å². The van der Waals surface area contributed by atoms with Crippen LogP contribution in [-0.2, 0) is 17.6 Å². The first kappa shape index (κ1) is 24.5. The predicted molar refractivity (Wildman–Crippen MR) is 131 cm³/mol. The minimum Gasteiger partial charge on any atom is -0.337 e. The molecule has 33 heavy (non-hydrogen) atoms. The zero-order valence-corrected chi connectivity index (χ0v) is 20.6. The number of rotatable bonds is 9. The van der Waals surface area contributed by atoms with Crippen LogP contribution in [0.5, 0.6) is 0 Å². The van der Waals surface area contributed by atoms with Crippen molar-refractivity contribution in [2.45, 2.75) is 58.2 Å². The fraction of sp³-hybridized carbons (Fsp3) is 0.400. The number of para-hydroxylation sites is 1. The van der Waals surface area contributed by atoms with E-state index in [4.69, 9.17) is 0 Å². The molecule has 1 amide bonds. The molecule has 7 nitrogen and oxygen atoms in total. The summed E-state index contributed by atoms with van der Waals surface area (Å²) in [6.45, 7) is 9.83. The number of hydrogen-bond donors (Lipinski definition) is 1. The summed E-state index contributed by atoms with van der Waals surface area (Å²) >= 11 is 1.31. The zero-order valence-electron chi connectivity index (χ0n) is 19.8. The Bertz CT molecular complexity index is 1130. The van der Waals surface area contributed by atoms with E-state index in [0.717, 1.165) is 24.1 Å². The van der Waals surface area contributed by atoms with Crippen LogP contribution in [-0.4, -0.2) is 36.9 Å². The van der Waals surface area contributed by atoms with Gasteiger partial charge in [-0.25, -0.2) is 0 Å². The van der Waals surface area contributed by atoms with Crippen molar-refractivity contribution in [1.82, 2.24) is 25.1 Å². The number of aryl methyl sites for hydroxylation is 2. The van der Waals surface area contributed by atoms with Crippen molar-refractivity contribution in [2.24, 2.45) is 5.92 Å². The van der Waals surface area contributed by atoms with E-state index in [1.54, 1.807) is 19.3 Å². The number of amides is 1. The third kappa shape index (κ3) is 5.25. The Labute approximate surface area is 199 Å². The lowest BCUT2D eigenvalue weighted by molar-refractivity contribution is -0.120. The van der Waals surface area contributed by atoms with Gasteiger partial charge in [-0.3, -0.25) is 14.3 Å². The van der Waals surface area contributed by atoms with Crippen molar-refractivity contribution in [3.8, 4) is 23.1 Å². The standard InChI is InChI=1S/C25H30N6OS/c1-6-18-10-8-11-19(7-2)22(18)31-23(20-12-9-13-27-14-20)29-30-24(31)33-15-21(32)28-25(5,16-26)17(3)4/h8-14,17H,6-7,15H2,1-5H3,(H,28,32). The molecule has 172 valence electrons. The first-order chi connectivity index (χ1) is 15.8. The van der Waals surface area contributed by atoms with Crippen molar-refractivity contribution in [3.63, 3.8) is 0 Å². The Hall–Kier alpha value is -3.18. The lowest BCUT2D eigenvalue weighted by Crippen LogP contribution is -2.49. The Morgan fingerprint density at radius 2 is 1.88 bits per heavy atom. The summed E-state index contributed by atoms with van der Waals surface area (Å²) in [6, 6.07) is 12.3. The summed E-state index contributed by atoms with van der Waals surface area (Å²) < 4.78 is 2.04. The molecule has 0 saturated heterocycles. The number of aromatic nitrogens is 4. The lowest BCUT2D eigenvalue weighted by atomic mass is 9.90. The van der Waals surface area contributed by atoms with Gasteiger partial charge in [-0.1, -0.05) is 57.7 Å². The minimum absolute atomic E-state index is 0.0131. The first-order valence-corrected chi connectivity index (χ1v) is 12.1. The van der Waals surface area contributed by atoms with Gasteiger partial charge in [0.05, 0.1) is 17.5 Å². The summed E-state index contributed by atoms with van der Waals surface area (Å²) in [6.07, 6.45) is 5.20. The predicted octanol–water partition coefficient (Wildman–Crippen LogP) is 4.60. The average molecular weight is 463 g/mol. The second-order valence-electron chi connectivity index (χ2n) is 8.32. The molecule has 0 bridgehead atoms. The van der Waals surface area contributed by atoms with Crippen LogP contribution in [0, 0.1) is 17.2 Å². The Balaban J connectivity index is 2.02. The second-order valence-corrected chi connectivity index (χ2v) is 9.26. The first-order valence-electron chi connectivity index (χ1n) is 11.2. The molecule has 1 N–H and O–H groups in total. The normalized spacial score (nSPS) is 12.9. The van der Waals surface area contributed by atoms with Crippen LogP contribution >= 0.6 is 11.8 Å². The van der Waals surface area contributed by atoms with E-state index < -0.39 is 5.54 Å². The highest BCUT2D eigenvalue weighted by Crippen LogP contribution is 2.32. The van der Waals surface area contributed by atoms with Gasteiger partial charge in [-0.2, -0.15) is 5.26 Å². The highest BCUT2D eigenvalue weighted by atomic mass is 32.2. The summed E-state index contributed by atoms with van der Waals surface area (Å²) in [5, 5.41) is 21.9.